The largest absolute Gasteiger partial charge is 0.378 e. The zero-order valence-electron chi connectivity index (χ0n) is 13.9. The molecule has 1 saturated heterocycles. The number of nitrogens with zero attached hydrogens (tertiary/aromatic N) is 1. The van der Waals surface area contributed by atoms with E-state index >= 15 is 0 Å². The SMILES string of the molecule is CCOC1CCN(C2(CN)CCC3(CCCC3)CC2)CC1. The molecule has 0 unspecified atom stereocenters. The molecule has 3 heteroatoms. The summed E-state index contributed by atoms with van der Waals surface area (Å²) in [5, 5.41) is 0. The molecule has 0 aromatic rings. The summed E-state index contributed by atoms with van der Waals surface area (Å²) >= 11 is 0. The smallest absolute Gasteiger partial charge is 0.0599 e. The summed E-state index contributed by atoms with van der Waals surface area (Å²) < 4.78 is 5.80. The van der Waals surface area contributed by atoms with Crippen molar-refractivity contribution in [3.8, 4) is 0 Å². The first-order valence-electron chi connectivity index (χ1n) is 9.29. The maximum Gasteiger partial charge on any atom is 0.0599 e. The van der Waals surface area contributed by atoms with E-state index in [0.717, 1.165) is 13.2 Å². The topological polar surface area (TPSA) is 38.5 Å². The Morgan fingerprint density at radius 1 is 1.00 bits per heavy atom. The van der Waals surface area contributed by atoms with Gasteiger partial charge in [-0.15, -0.1) is 0 Å². The van der Waals surface area contributed by atoms with Gasteiger partial charge in [-0.1, -0.05) is 12.8 Å². The molecule has 2 N–H and O–H groups in total. The molecule has 1 aliphatic heterocycles. The zero-order chi connectivity index (χ0) is 14.8. The van der Waals surface area contributed by atoms with E-state index < -0.39 is 0 Å². The fourth-order valence-corrected chi connectivity index (χ4v) is 5.25. The monoisotopic (exact) mass is 294 g/mol. The highest BCUT2D eigenvalue weighted by Crippen LogP contribution is 2.52. The molecule has 0 atom stereocenters. The molecule has 0 amide bonds. The van der Waals surface area contributed by atoms with Crippen LogP contribution in [0.15, 0.2) is 0 Å². The molecular formula is C18H34N2O. The van der Waals surface area contributed by atoms with Crippen molar-refractivity contribution in [2.24, 2.45) is 11.1 Å². The fraction of sp³-hybridized carbons (Fsp3) is 1.00. The Bertz CT molecular complexity index is 320. The van der Waals surface area contributed by atoms with E-state index in [0.29, 0.717) is 17.1 Å². The molecule has 0 aromatic heterocycles. The van der Waals surface area contributed by atoms with Gasteiger partial charge in [-0.25, -0.2) is 0 Å². The predicted molar refractivity (Wildman–Crippen MR) is 87.4 cm³/mol. The summed E-state index contributed by atoms with van der Waals surface area (Å²) in [6.45, 7) is 6.19. The Labute approximate surface area is 130 Å². The van der Waals surface area contributed by atoms with Crippen LogP contribution in [0.1, 0.15) is 71.1 Å². The van der Waals surface area contributed by atoms with Crippen LogP contribution in [0.3, 0.4) is 0 Å². The summed E-state index contributed by atoms with van der Waals surface area (Å²) in [7, 11) is 0. The van der Waals surface area contributed by atoms with Crippen LogP contribution in [-0.2, 0) is 4.74 Å². The van der Waals surface area contributed by atoms with Crippen molar-refractivity contribution in [3.63, 3.8) is 0 Å². The second-order valence-corrected chi connectivity index (χ2v) is 7.78. The average Bonchev–Trinajstić information content (AvgIpc) is 2.98. The third-order valence-electron chi connectivity index (χ3n) is 6.80. The fourth-order valence-electron chi connectivity index (χ4n) is 5.25. The molecule has 0 bridgehead atoms. The zero-order valence-corrected chi connectivity index (χ0v) is 13.9. The summed E-state index contributed by atoms with van der Waals surface area (Å²) in [6, 6.07) is 0. The molecule has 122 valence electrons. The van der Waals surface area contributed by atoms with Gasteiger partial charge in [0, 0.05) is 31.8 Å². The molecule has 3 fully saturated rings. The highest BCUT2D eigenvalue weighted by molar-refractivity contribution is 5.02. The van der Waals surface area contributed by atoms with Gasteiger partial charge >= 0.3 is 0 Å². The molecule has 3 aliphatic rings. The lowest BCUT2D eigenvalue weighted by molar-refractivity contribution is -0.0423. The van der Waals surface area contributed by atoms with Crippen LogP contribution in [0.4, 0.5) is 0 Å². The minimum atomic E-state index is 0.311. The minimum absolute atomic E-state index is 0.311. The molecule has 3 rings (SSSR count). The van der Waals surface area contributed by atoms with E-state index in [-0.39, 0.29) is 0 Å². The van der Waals surface area contributed by atoms with Gasteiger partial charge < -0.3 is 10.5 Å². The third-order valence-corrected chi connectivity index (χ3v) is 6.80. The van der Waals surface area contributed by atoms with E-state index in [9.17, 15) is 0 Å². The van der Waals surface area contributed by atoms with E-state index in [1.165, 1.54) is 77.3 Å². The van der Waals surface area contributed by atoms with Crippen LogP contribution >= 0.6 is 0 Å². The Hall–Kier alpha value is -0.120. The number of likely N-dealkylation sites (tertiary alicyclic amines) is 1. The number of ether oxygens (including phenoxy) is 1. The highest BCUT2D eigenvalue weighted by Gasteiger charge is 2.46. The normalized spacial score (nSPS) is 30.0. The van der Waals surface area contributed by atoms with Crippen LogP contribution in [0, 0.1) is 5.41 Å². The quantitative estimate of drug-likeness (QED) is 0.864. The Morgan fingerprint density at radius 2 is 1.62 bits per heavy atom. The second kappa shape index (κ2) is 6.55. The first-order valence-corrected chi connectivity index (χ1v) is 9.29. The van der Waals surface area contributed by atoms with Crippen LogP contribution in [0.5, 0.6) is 0 Å². The van der Waals surface area contributed by atoms with Gasteiger partial charge in [-0.3, -0.25) is 4.90 Å². The summed E-state index contributed by atoms with van der Waals surface area (Å²) in [5.74, 6) is 0. The van der Waals surface area contributed by atoms with Gasteiger partial charge in [0.25, 0.3) is 0 Å². The number of nitrogens with two attached hydrogens (primary N) is 1. The maximum atomic E-state index is 6.28. The van der Waals surface area contributed by atoms with Crippen molar-refractivity contribution in [1.29, 1.82) is 0 Å². The lowest BCUT2D eigenvalue weighted by Gasteiger charge is -2.52. The molecule has 0 aromatic carbocycles. The minimum Gasteiger partial charge on any atom is -0.378 e. The van der Waals surface area contributed by atoms with Gasteiger partial charge in [0.05, 0.1) is 6.10 Å². The van der Waals surface area contributed by atoms with Crippen LogP contribution in [-0.4, -0.2) is 42.8 Å². The second-order valence-electron chi connectivity index (χ2n) is 7.78. The van der Waals surface area contributed by atoms with Crippen molar-refractivity contribution < 1.29 is 4.74 Å². The number of hydrogen-bond acceptors (Lipinski definition) is 3. The Kier molecular flexibility index (Phi) is 4.92. The number of hydrogen-bond donors (Lipinski definition) is 1. The molecule has 3 nitrogen and oxygen atoms in total. The lowest BCUT2D eigenvalue weighted by Crippen LogP contribution is -2.59. The highest BCUT2D eigenvalue weighted by atomic mass is 16.5. The predicted octanol–water partition coefficient (Wildman–Crippen LogP) is 3.32. The maximum absolute atomic E-state index is 6.28. The van der Waals surface area contributed by atoms with Crippen LogP contribution < -0.4 is 5.73 Å². The third kappa shape index (κ3) is 3.16. The van der Waals surface area contributed by atoms with Crippen molar-refractivity contribution >= 4 is 0 Å². The van der Waals surface area contributed by atoms with E-state index in [1.807, 2.05) is 0 Å². The molecule has 21 heavy (non-hydrogen) atoms. The van der Waals surface area contributed by atoms with Gasteiger partial charge in [0.2, 0.25) is 0 Å². The van der Waals surface area contributed by atoms with E-state index in [2.05, 4.69) is 11.8 Å². The van der Waals surface area contributed by atoms with E-state index in [4.69, 9.17) is 10.5 Å². The van der Waals surface area contributed by atoms with Gasteiger partial charge in [-0.05, 0) is 63.7 Å². The number of rotatable bonds is 4. The van der Waals surface area contributed by atoms with Gasteiger partial charge in [0.1, 0.15) is 0 Å². The number of piperidine rings is 1. The molecule has 2 saturated carbocycles. The summed E-state index contributed by atoms with van der Waals surface area (Å²) in [5.41, 5.74) is 7.30. The van der Waals surface area contributed by atoms with Crippen molar-refractivity contribution in [3.05, 3.63) is 0 Å². The molecule has 1 spiro atoms. The van der Waals surface area contributed by atoms with Crippen LogP contribution in [0.2, 0.25) is 0 Å². The van der Waals surface area contributed by atoms with Crippen molar-refractivity contribution in [2.75, 3.05) is 26.2 Å². The Balaban J connectivity index is 1.58. The van der Waals surface area contributed by atoms with Crippen LogP contribution in [0.25, 0.3) is 0 Å². The first kappa shape index (κ1) is 15.8. The molecule has 0 radical (unpaired) electrons. The van der Waals surface area contributed by atoms with E-state index in [1.54, 1.807) is 0 Å². The molecular weight excluding hydrogens is 260 g/mol. The van der Waals surface area contributed by atoms with Gasteiger partial charge in [0.15, 0.2) is 0 Å². The average molecular weight is 294 g/mol. The molecule has 1 heterocycles. The molecule has 2 aliphatic carbocycles. The summed E-state index contributed by atoms with van der Waals surface area (Å²) in [4.78, 5) is 2.73. The Morgan fingerprint density at radius 3 is 2.14 bits per heavy atom. The van der Waals surface area contributed by atoms with Crippen molar-refractivity contribution in [2.45, 2.75) is 82.8 Å². The van der Waals surface area contributed by atoms with Crippen molar-refractivity contribution in [1.82, 2.24) is 4.90 Å². The summed E-state index contributed by atoms with van der Waals surface area (Å²) in [6.07, 6.45) is 14.3. The first-order chi connectivity index (χ1) is 10.2. The lowest BCUT2D eigenvalue weighted by atomic mass is 9.65. The van der Waals surface area contributed by atoms with Gasteiger partial charge in [-0.2, -0.15) is 0 Å². The standard InChI is InChI=1S/C18H34N2O/c1-2-21-16-5-13-20(14-6-16)18(15-19)11-9-17(10-12-18)7-3-4-8-17/h16H,2-15,19H2,1H3.